The Morgan fingerprint density at radius 2 is 1.71 bits per heavy atom. The number of ether oxygens (including phenoxy) is 1. The van der Waals surface area contributed by atoms with Crippen LogP contribution in [0.4, 0.5) is 0 Å². The van der Waals surface area contributed by atoms with Gasteiger partial charge in [0.15, 0.2) is 0 Å². The Hall–Kier alpha value is -1.34. The summed E-state index contributed by atoms with van der Waals surface area (Å²) in [6.07, 6.45) is 11.9. The molecule has 0 saturated carbocycles. The SMILES string of the molecule is CCC/C=C/C=C\CCOCc1ccccc1. The second-order valence-electron chi connectivity index (χ2n) is 3.97. The van der Waals surface area contributed by atoms with Gasteiger partial charge in [0.1, 0.15) is 0 Å². The van der Waals surface area contributed by atoms with Gasteiger partial charge in [-0.25, -0.2) is 0 Å². The number of allylic oxidation sites excluding steroid dienone is 3. The fourth-order valence-electron chi connectivity index (χ4n) is 1.43. The zero-order valence-corrected chi connectivity index (χ0v) is 10.6. The first-order valence-corrected chi connectivity index (χ1v) is 6.37. The van der Waals surface area contributed by atoms with Crippen LogP contribution in [0.1, 0.15) is 31.7 Å². The minimum absolute atomic E-state index is 0.709. The van der Waals surface area contributed by atoms with Gasteiger partial charge in [0.05, 0.1) is 13.2 Å². The van der Waals surface area contributed by atoms with Gasteiger partial charge in [0.2, 0.25) is 0 Å². The summed E-state index contributed by atoms with van der Waals surface area (Å²) in [6, 6.07) is 10.3. The molecule has 0 aliphatic rings. The van der Waals surface area contributed by atoms with E-state index in [-0.39, 0.29) is 0 Å². The van der Waals surface area contributed by atoms with Gasteiger partial charge in [-0.3, -0.25) is 0 Å². The summed E-state index contributed by atoms with van der Waals surface area (Å²) in [7, 11) is 0. The third-order valence-corrected chi connectivity index (χ3v) is 2.38. The Kier molecular flexibility index (Phi) is 7.96. The summed E-state index contributed by atoms with van der Waals surface area (Å²) < 4.78 is 5.57. The molecule has 0 unspecified atom stereocenters. The van der Waals surface area contributed by atoms with Gasteiger partial charge in [-0.2, -0.15) is 0 Å². The number of rotatable bonds is 8. The lowest BCUT2D eigenvalue weighted by Gasteiger charge is -2.01. The maximum Gasteiger partial charge on any atom is 0.0717 e. The van der Waals surface area contributed by atoms with Crippen molar-refractivity contribution in [3.8, 4) is 0 Å². The lowest BCUT2D eigenvalue weighted by Crippen LogP contribution is -1.93. The highest BCUT2D eigenvalue weighted by molar-refractivity contribution is 5.13. The van der Waals surface area contributed by atoms with Crippen LogP contribution in [-0.2, 0) is 11.3 Å². The Labute approximate surface area is 105 Å². The molecule has 1 aromatic rings. The molecular formula is C16H22O. The molecule has 92 valence electrons. The Balaban J connectivity index is 2.01. The van der Waals surface area contributed by atoms with Crippen LogP contribution in [-0.4, -0.2) is 6.61 Å². The maximum atomic E-state index is 5.57. The zero-order valence-electron chi connectivity index (χ0n) is 10.6. The quantitative estimate of drug-likeness (QED) is 0.472. The van der Waals surface area contributed by atoms with Crippen molar-refractivity contribution in [2.75, 3.05) is 6.61 Å². The third-order valence-electron chi connectivity index (χ3n) is 2.38. The zero-order chi connectivity index (χ0) is 12.2. The van der Waals surface area contributed by atoms with Crippen molar-refractivity contribution in [3.63, 3.8) is 0 Å². The highest BCUT2D eigenvalue weighted by atomic mass is 16.5. The second kappa shape index (κ2) is 9.86. The molecule has 0 aromatic heterocycles. The predicted molar refractivity (Wildman–Crippen MR) is 73.9 cm³/mol. The van der Waals surface area contributed by atoms with E-state index in [1.165, 1.54) is 12.0 Å². The number of hydrogen-bond acceptors (Lipinski definition) is 1. The molecule has 1 nitrogen and oxygen atoms in total. The van der Waals surface area contributed by atoms with E-state index in [0.29, 0.717) is 6.61 Å². The molecule has 0 aliphatic heterocycles. The first-order valence-electron chi connectivity index (χ1n) is 6.37. The van der Waals surface area contributed by atoms with Crippen LogP contribution in [0.2, 0.25) is 0 Å². The standard InChI is InChI=1S/C16H22O/c1-2-3-4-5-6-7-11-14-17-15-16-12-9-8-10-13-16/h4-10,12-13H,2-3,11,14-15H2,1H3/b5-4+,7-6-. The summed E-state index contributed by atoms with van der Waals surface area (Å²) in [5, 5.41) is 0. The average Bonchev–Trinajstić information content (AvgIpc) is 2.38. The minimum Gasteiger partial charge on any atom is -0.376 e. The summed E-state index contributed by atoms with van der Waals surface area (Å²) in [5.41, 5.74) is 1.24. The number of benzene rings is 1. The largest absolute Gasteiger partial charge is 0.376 e. The summed E-state index contributed by atoms with van der Waals surface area (Å²) >= 11 is 0. The van der Waals surface area contributed by atoms with Gasteiger partial charge >= 0.3 is 0 Å². The summed E-state index contributed by atoms with van der Waals surface area (Å²) in [4.78, 5) is 0. The van der Waals surface area contributed by atoms with Gasteiger partial charge in [-0.1, -0.05) is 68.0 Å². The minimum atomic E-state index is 0.709. The highest BCUT2D eigenvalue weighted by Gasteiger charge is 1.89. The number of unbranched alkanes of at least 4 members (excludes halogenated alkanes) is 1. The van der Waals surface area contributed by atoms with Gasteiger partial charge in [-0.15, -0.1) is 0 Å². The molecule has 1 rings (SSSR count). The van der Waals surface area contributed by atoms with Crippen LogP contribution in [0.25, 0.3) is 0 Å². The maximum absolute atomic E-state index is 5.57. The normalized spacial score (nSPS) is 11.6. The van der Waals surface area contributed by atoms with Crippen molar-refractivity contribution < 1.29 is 4.74 Å². The molecular weight excluding hydrogens is 208 g/mol. The lowest BCUT2D eigenvalue weighted by molar-refractivity contribution is 0.125. The van der Waals surface area contributed by atoms with E-state index in [1.807, 2.05) is 18.2 Å². The van der Waals surface area contributed by atoms with Gasteiger partial charge in [-0.05, 0) is 18.4 Å². The van der Waals surface area contributed by atoms with E-state index >= 15 is 0 Å². The van der Waals surface area contributed by atoms with Gasteiger partial charge < -0.3 is 4.74 Å². The molecule has 1 aromatic carbocycles. The smallest absolute Gasteiger partial charge is 0.0717 e. The Morgan fingerprint density at radius 1 is 1.00 bits per heavy atom. The van der Waals surface area contributed by atoms with Crippen LogP contribution in [0.15, 0.2) is 54.6 Å². The molecule has 0 atom stereocenters. The van der Waals surface area contributed by atoms with E-state index in [4.69, 9.17) is 4.74 Å². The van der Waals surface area contributed by atoms with Gasteiger partial charge in [0, 0.05) is 0 Å². The Morgan fingerprint density at radius 3 is 2.41 bits per heavy atom. The molecule has 0 spiro atoms. The monoisotopic (exact) mass is 230 g/mol. The summed E-state index contributed by atoms with van der Waals surface area (Å²) in [5.74, 6) is 0. The van der Waals surface area contributed by atoms with Crippen LogP contribution in [0.3, 0.4) is 0 Å². The molecule has 0 amide bonds. The summed E-state index contributed by atoms with van der Waals surface area (Å²) in [6.45, 7) is 3.68. The molecule has 17 heavy (non-hydrogen) atoms. The van der Waals surface area contributed by atoms with Crippen molar-refractivity contribution in [2.24, 2.45) is 0 Å². The van der Waals surface area contributed by atoms with Crippen LogP contribution in [0, 0.1) is 0 Å². The molecule has 1 heteroatoms. The van der Waals surface area contributed by atoms with Crippen molar-refractivity contribution >= 4 is 0 Å². The highest BCUT2D eigenvalue weighted by Crippen LogP contribution is 2.00. The molecule has 0 bridgehead atoms. The fourth-order valence-corrected chi connectivity index (χ4v) is 1.43. The van der Waals surface area contributed by atoms with Crippen molar-refractivity contribution in [1.29, 1.82) is 0 Å². The van der Waals surface area contributed by atoms with E-state index < -0.39 is 0 Å². The van der Waals surface area contributed by atoms with E-state index in [0.717, 1.165) is 19.4 Å². The van der Waals surface area contributed by atoms with Crippen LogP contribution < -0.4 is 0 Å². The first kappa shape index (κ1) is 13.7. The van der Waals surface area contributed by atoms with Crippen molar-refractivity contribution in [3.05, 3.63) is 60.2 Å². The average molecular weight is 230 g/mol. The van der Waals surface area contributed by atoms with E-state index in [9.17, 15) is 0 Å². The molecule has 0 heterocycles. The molecule has 0 fully saturated rings. The first-order chi connectivity index (χ1) is 8.43. The lowest BCUT2D eigenvalue weighted by atomic mass is 10.2. The molecule has 0 aliphatic carbocycles. The fraction of sp³-hybridized carbons (Fsp3) is 0.375. The molecule has 0 N–H and O–H groups in total. The predicted octanol–water partition coefficient (Wildman–Crippen LogP) is 4.51. The Bertz CT molecular complexity index is 325. The third kappa shape index (κ3) is 7.53. The molecule has 0 radical (unpaired) electrons. The van der Waals surface area contributed by atoms with Gasteiger partial charge in [0.25, 0.3) is 0 Å². The van der Waals surface area contributed by atoms with E-state index in [2.05, 4.69) is 43.4 Å². The van der Waals surface area contributed by atoms with Crippen molar-refractivity contribution in [2.45, 2.75) is 32.8 Å². The van der Waals surface area contributed by atoms with Crippen LogP contribution in [0.5, 0.6) is 0 Å². The molecule has 0 saturated heterocycles. The topological polar surface area (TPSA) is 9.23 Å². The van der Waals surface area contributed by atoms with Crippen molar-refractivity contribution in [1.82, 2.24) is 0 Å². The van der Waals surface area contributed by atoms with Crippen LogP contribution >= 0.6 is 0 Å². The second-order valence-corrected chi connectivity index (χ2v) is 3.97. The number of hydrogen-bond donors (Lipinski definition) is 0. The van der Waals surface area contributed by atoms with E-state index in [1.54, 1.807) is 0 Å².